The maximum atomic E-state index is 11.9. The van der Waals surface area contributed by atoms with E-state index in [2.05, 4.69) is 27.6 Å². The van der Waals surface area contributed by atoms with Crippen LogP contribution in [0.5, 0.6) is 0 Å². The van der Waals surface area contributed by atoms with Crippen molar-refractivity contribution in [3.63, 3.8) is 0 Å². The van der Waals surface area contributed by atoms with Crippen molar-refractivity contribution in [2.45, 2.75) is 13.8 Å². The number of carbonyl (C=O) groups is 1. The second-order valence-electron chi connectivity index (χ2n) is 3.77. The van der Waals surface area contributed by atoms with E-state index in [9.17, 15) is 4.79 Å². The fourth-order valence-corrected chi connectivity index (χ4v) is 2.61. The monoisotopic (exact) mass is 375 g/mol. The Morgan fingerprint density at radius 3 is 2.89 bits per heavy atom. The third kappa shape index (κ3) is 2.44. The van der Waals surface area contributed by atoms with E-state index in [0.29, 0.717) is 22.9 Å². The number of nitrogens with zero attached hydrogens (tertiary/aromatic N) is 1. The highest BCUT2D eigenvalue weighted by Crippen LogP contribution is 2.29. The van der Waals surface area contributed by atoms with Crippen molar-refractivity contribution in [3.05, 3.63) is 38.0 Å². The molecule has 0 bridgehead atoms. The first-order chi connectivity index (χ1) is 8.54. The first-order valence-electron chi connectivity index (χ1n) is 5.47. The van der Waals surface area contributed by atoms with E-state index in [0.717, 1.165) is 14.5 Å². The largest absolute Gasteiger partial charge is 0.462 e. The van der Waals surface area contributed by atoms with Gasteiger partial charge in [0.15, 0.2) is 0 Å². The van der Waals surface area contributed by atoms with Crippen LogP contribution in [0.4, 0.5) is 0 Å². The Kier molecular flexibility index (Phi) is 4.07. The molecule has 0 fully saturated rings. The van der Waals surface area contributed by atoms with Crippen LogP contribution in [0, 0.1) is 10.5 Å². The van der Waals surface area contributed by atoms with Crippen LogP contribution in [-0.4, -0.2) is 17.6 Å². The Balaban J connectivity index is 2.70. The highest BCUT2D eigenvalue weighted by molar-refractivity contribution is 14.1. The lowest BCUT2D eigenvalue weighted by atomic mass is 10.1. The predicted octanol–water partition coefficient (Wildman–Crippen LogP) is 3.98. The third-order valence-electron chi connectivity index (χ3n) is 2.54. The van der Waals surface area contributed by atoms with Crippen molar-refractivity contribution in [2.24, 2.45) is 0 Å². The zero-order valence-corrected chi connectivity index (χ0v) is 12.9. The zero-order valence-electron chi connectivity index (χ0n) is 9.96. The van der Waals surface area contributed by atoms with Gasteiger partial charge in [-0.3, -0.25) is 4.98 Å². The molecule has 0 aliphatic heterocycles. The van der Waals surface area contributed by atoms with Crippen LogP contribution < -0.4 is 0 Å². The van der Waals surface area contributed by atoms with Crippen molar-refractivity contribution in [3.8, 4) is 0 Å². The van der Waals surface area contributed by atoms with Gasteiger partial charge in [0.05, 0.1) is 22.8 Å². The van der Waals surface area contributed by atoms with Gasteiger partial charge in [0.25, 0.3) is 0 Å². The molecule has 0 saturated heterocycles. The van der Waals surface area contributed by atoms with Gasteiger partial charge in [-0.25, -0.2) is 4.79 Å². The second kappa shape index (κ2) is 5.40. The molecule has 0 amide bonds. The van der Waals surface area contributed by atoms with E-state index in [1.807, 2.05) is 18.2 Å². The third-order valence-corrected chi connectivity index (χ3v) is 3.61. The summed E-state index contributed by atoms with van der Waals surface area (Å²) >= 11 is 8.50. The molecule has 0 N–H and O–H groups in total. The van der Waals surface area contributed by atoms with E-state index in [-0.39, 0.29) is 0 Å². The van der Waals surface area contributed by atoms with Gasteiger partial charge in [0.1, 0.15) is 5.56 Å². The molecule has 0 radical (unpaired) electrons. The van der Waals surface area contributed by atoms with Crippen LogP contribution in [0.15, 0.2) is 18.2 Å². The number of hydrogen-bond acceptors (Lipinski definition) is 3. The van der Waals surface area contributed by atoms with Crippen molar-refractivity contribution >= 4 is 51.1 Å². The molecule has 1 heterocycles. The quantitative estimate of drug-likeness (QED) is 0.589. The maximum Gasteiger partial charge on any atom is 0.341 e. The lowest BCUT2D eigenvalue weighted by molar-refractivity contribution is 0.0525. The van der Waals surface area contributed by atoms with Crippen LogP contribution in [0.2, 0.25) is 5.02 Å². The molecular weight excluding hydrogens is 365 g/mol. The number of ether oxygens (including phenoxy) is 1. The number of carbonyl (C=O) groups excluding carboxylic acids is 1. The van der Waals surface area contributed by atoms with Crippen LogP contribution >= 0.6 is 34.2 Å². The molecular formula is C13H11ClINO2. The molecule has 0 saturated carbocycles. The summed E-state index contributed by atoms with van der Waals surface area (Å²) in [4.78, 5) is 16.3. The number of fused-ring (bicyclic) bond motifs is 1. The number of pyridine rings is 1. The lowest BCUT2D eigenvalue weighted by Gasteiger charge is -2.10. The van der Waals surface area contributed by atoms with Gasteiger partial charge < -0.3 is 4.74 Å². The topological polar surface area (TPSA) is 39.2 Å². The van der Waals surface area contributed by atoms with Crippen LogP contribution in [0.25, 0.3) is 10.9 Å². The van der Waals surface area contributed by atoms with Crippen LogP contribution in [0.1, 0.15) is 23.0 Å². The van der Waals surface area contributed by atoms with Crippen LogP contribution in [0.3, 0.4) is 0 Å². The molecule has 94 valence electrons. The highest BCUT2D eigenvalue weighted by atomic mass is 127. The van der Waals surface area contributed by atoms with E-state index in [1.165, 1.54) is 0 Å². The Morgan fingerprint density at radius 1 is 1.50 bits per heavy atom. The molecule has 1 aromatic heterocycles. The second-order valence-corrected chi connectivity index (χ2v) is 5.39. The van der Waals surface area contributed by atoms with Crippen molar-refractivity contribution in [1.82, 2.24) is 4.98 Å². The normalized spacial score (nSPS) is 10.7. The lowest BCUT2D eigenvalue weighted by Crippen LogP contribution is -2.09. The van der Waals surface area contributed by atoms with Gasteiger partial charge in [-0.1, -0.05) is 11.6 Å². The van der Waals surface area contributed by atoms with Gasteiger partial charge >= 0.3 is 5.97 Å². The fourth-order valence-electron chi connectivity index (χ4n) is 1.75. The Hall–Kier alpha value is -0.880. The smallest absolute Gasteiger partial charge is 0.341 e. The summed E-state index contributed by atoms with van der Waals surface area (Å²) in [5.74, 6) is -0.423. The molecule has 0 aliphatic rings. The molecule has 18 heavy (non-hydrogen) atoms. The number of benzene rings is 1. The number of aromatic nitrogens is 1. The summed E-state index contributed by atoms with van der Waals surface area (Å²) < 4.78 is 6.05. The average molecular weight is 376 g/mol. The first-order valence-corrected chi connectivity index (χ1v) is 6.92. The number of esters is 1. The molecule has 0 aliphatic carbocycles. The van der Waals surface area contributed by atoms with E-state index < -0.39 is 5.97 Å². The predicted molar refractivity (Wildman–Crippen MR) is 80.2 cm³/mol. The minimum absolute atomic E-state index is 0.318. The molecule has 0 atom stereocenters. The maximum absolute atomic E-state index is 11.9. The fraction of sp³-hybridized carbons (Fsp3) is 0.231. The van der Waals surface area contributed by atoms with Crippen molar-refractivity contribution < 1.29 is 9.53 Å². The highest BCUT2D eigenvalue weighted by Gasteiger charge is 2.18. The van der Waals surface area contributed by atoms with Gasteiger partial charge in [0, 0.05) is 8.96 Å². The first kappa shape index (κ1) is 13.5. The number of rotatable bonds is 2. The van der Waals surface area contributed by atoms with Gasteiger partial charge in [-0.2, -0.15) is 0 Å². The Morgan fingerprint density at radius 2 is 2.22 bits per heavy atom. The minimum Gasteiger partial charge on any atom is -0.462 e. The number of halogens is 2. The average Bonchev–Trinajstić information content (AvgIpc) is 2.31. The van der Waals surface area contributed by atoms with E-state index in [4.69, 9.17) is 16.3 Å². The Bertz CT molecular complexity index is 628. The molecule has 0 unspecified atom stereocenters. The zero-order chi connectivity index (χ0) is 13.3. The standard InChI is InChI=1S/C13H11ClINO2/c1-3-18-13(17)11-7(2)16-10-5-4-8(15)6-9(10)12(11)14/h4-6H,3H2,1-2H3. The van der Waals surface area contributed by atoms with Crippen molar-refractivity contribution in [2.75, 3.05) is 6.61 Å². The molecule has 0 spiro atoms. The van der Waals surface area contributed by atoms with Gasteiger partial charge in [0.2, 0.25) is 0 Å². The summed E-state index contributed by atoms with van der Waals surface area (Å²) in [5, 5.41) is 1.19. The van der Waals surface area contributed by atoms with Gasteiger partial charge in [-0.15, -0.1) is 0 Å². The molecule has 2 rings (SSSR count). The molecule has 1 aromatic carbocycles. The summed E-state index contributed by atoms with van der Waals surface area (Å²) in [6, 6.07) is 5.76. The van der Waals surface area contributed by atoms with E-state index >= 15 is 0 Å². The summed E-state index contributed by atoms with van der Waals surface area (Å²) in [7, 11) is 0. The molecule has 3 nitrogen and oxygen atoms in total. The summed E-state index contributed by atoms with van der Waals surface area (Å²) in [6.45, 7) is 3.84. The molecule has 2 aromatic rings. The minimum atomic E-state index is -0.423. The Labute approximate surface area is 124 Å². The number of aryl methyl sites for hydroxylation is 1. The summed E-state index contributed by atoms with van der Waals surface area (Å²) in [5.41, 5.74) is 1.73. The van der Waals surface area contributed by atoms with Gasteiger partial charge in [-0.05, 0) is 54.6 Å². The van der Waals surface area contributed by atoms with E-state index in [1.54, 1.807) is 13.8 Å². The summed E-state index contributed by atoms with van der Waals surface area (Å²) in [6.07, 6.45) is 0. The van der Waals surface area contributed by atoms with Crippen molar-refractivity contribution in [1.29, 1.82) is 0 Å². The molecule has 5 heteroatoms. The SMILES string of the molecule is CCOC(=O)c1c(C)nc2ccc(I)cc2c1Cl. The van der Waals surface area contributed by atoms with Crippen LogP contribution in [-0.2, 0) is 4.74 Å². The number of hydrogen-bond donors (Lipinski definition) is 0.